The number of carbonyl (C=O) groups is 1. The third-order valence-corrected chi connectivity index (χ3v) is 5.54. The Hall–Kier alpha value is -3.92. The summed E-state index contributed by atoms with van der Waals surface area (Å²) >= 11 is 0. The first-order chi connectivity index (χ1) is 17.3. The summed E-state index contributed by atoms with van der Waals surface area (Å²) in [4.78, 5) is 26.1. The van der Waals surface area contributed by atoms with Crippen LogP contribution in [0.25, 0.3) is 0 Å². The molecule has 13 heteroatoms. The Kier molecular flexibility index (Phi) is 6.72. The molecule has 3 aliphatic rings. The summed E-state index contributed by atoms with van der Waals surface area (Å²) in [5.74, 6) is 4.98. The van der Waals surface area contributed by atoms with E-state index >= 15 is 0 Å². The number of hydrogen-bond donors (Lipinski definition) is 2. The lowest BCUT2D eigenvalue weighted by atomic mass is 9.79. The second-order valence-electron chi connectivity index (χ2n) is 8.69. The molecule has 0 amide bonds. The third-order valence-electron chi connectivity index (χ3n) is 5.54. The van der Waals surface area contributed by atoms with Gasteiger partial charge in [0.1, 0.15) is 5.78 Å². The zero-order valence-electron chi connectivity index (χ0n) is 19.6. The number of aromatic nitrogens is 1. The minimum atomic E-state index is -4.82. The number of Topliss-reactive ketones (excluding diaryl/α,β-unsaturated/α-hetero) is 1. The summed E-state index contributed by atoms with van der Waals surface area (Å²) in [5, 5.41) is 5.22. The quantitative estimate of drug-likeness (QED) is 0.456. The summed E-state index contributed by atoms with van der Waals surface area (Å²) in [6.45, 7) is 0.369. The maximum absolute atomic E-state index is 13.7. The van der Waals surface area contributed by atoms with E-state index < -0.39 is 35.0 Å². The van der Waals surface area contributed by atoms with Crippen molar-refractivity contribution in [1.29, 1.82) is 0 Å². The van der Waals surface area contributed by atoms with Crippen molar-refractivity contribution in [1.82, 2.24) is 15.2 Å². The first-order valence-electron chi connectivity index (χ1n) is 10.9. The lowest BCUT2D eigenvalue weighted by Crippen LogP contribution is -2.45. The van der Waals surface area contributed by atoms with Crippen LogP contribution in [0, 0.1) is 11.8 Å². The normalized spacial score (nSPS) is 21.3. The molecular weight excluding hydrogens is 502 g/mol. The highest BCUT2D eigenvalue weighted by Crippen LogP contribution is 2.44. The van der Waals surface area contributed by atoms with Crippen LogP contribution in [-0.2, 0) is 11.0 Å². The summed E-state index contributed by atoms with van der Waals surface area (Å²) in [6, 6.07) is 1.15. The number of pyridine rings is 1. The first-order valence-corrected chi connectivity index (χ1v) is 10.9. The number of nitrogens with zero attached hydrogens (tertiary/aromatic N) is 4. The largest absolute Gasteiger partial charge is 0.435 e. The monoisotopic (exact) mass is 522 g/mol. The van der Waals surface area contributed by atoms with E-state index in [2.05, 4.69) is 37.4 Å². The van der Waals surface area contributed by atoms with Crippen LogP contribution in [0.1, 0.15) is 24.1 Å². The van der Waals surface area contributed by atoms with Gasteiger partial charge >= 0.3 is 12.4 Å². The number of alkyl halides is 6. The molecule has 2 N–H and O–H groups in total. The van der Waals surface area contributed by atoms with Gasteiger partial charge < -0.3 is 10.6 Å². The summed E-state index contributed by atoms with van der Waals surface area (Å²) in [7, 11) is 3.57. The second kappa shape index (κ2) is 9.51. The molecule has 4 rings (SSSR count). The number of allylic oxidation sites excluding steroid dienone is 3. The molecule has 1 spiro atoms. The molecule has 1 aliphatic carbocycles. The molecule has 0 saturated heterocycles. The first kappa shape index (κ1) is 26.2. The highest BCUT2D eigenvalue weighted by atomic mass is 19.4. The number of nitrogens with one attached hydrogen (secondary N) is 2. The smallest absolute Gasteiger partial charge is 0.332 e. The average Bonchev–Trinajstić information content (AvgIpc) is 2.96. The molecule has 37 heavy (non-hydrogen) atoms. The zero-order valence-corrected chi connectivity index (χ0v) is 19.6. The number of rotatable bonds is 2. The van der Waals surface area contributed by atoms with E-state index in [4.69, 9.17) is 0 Å². The van der Waals surface area contributed by atoms with Crippen LogP contribution in [0.5, 0.6) is 0 Å². The Labute approximate surface area is 207 Å². The van der Waals surface area contributed by atoms with Gasteiger partial charge in [0.15, 0.2) is 11.4 Å². The lowest BCUT2D eigenvalue weighted by molar-refractivity contribution is -0.140. The Bertz CT molecular complexity index is 1340. The van der Waals surface area contributed by atoms with Crippen LogP contribution >= 0.6 is 0 Å². The van der Waals surface area contributed by atoms with Crippen molar-refractivity contribution in [3.05, 3.63) is 58.6 Å². The Morgan fingerprint density at radius 2 is 1.86 bits per heavy atom. The molecular formula is C24H20F6N6O. The van der Waals surface area contributed by atoms with Gasteiger partial charge in [-0.15, -0.1) is 0 Å². The fraction of sp³-hybridized carbons (Fsp3) is 0.333. The van der Waals surface area contributed by atoms with Crippen molar-refractivity contribution < 1.29 is 31.1 Å². The molecule has 194 valence electrons. The van der Waals surface area contributed by atoms with Crippen LogP contribution in [-0.4, -0.2) is 60.3 Å². The predicted octanol–water partition coefficient (Wildman–Crippen LogP) is 3.83. The van der Waals surface area contributed by atoms with Crippen molar-refractivity contribution in [2.75, 3.05) is 26.0 Å². The van der Waals surface area contributed by atoms with Crippen molar-refractivity contribution in [2.45, 2.75) is 30.9 Å². The standard InChI is InChI=1S/C24H20F6N6O/c1-36(2)7-3-4-14-8-19(20(31-12-14)24(28,29)30)34-21-32-13-17-11-18(37)10-16-9-15(23(25,26)27)5-6-33-22(16,17)35-21/h5-6,8-9,12-13H,7,10-11H2,1-2H3,(H2,32,34,35). The van der Waals surface area contributed by atoms with E-state index in [-0.39, 0.29) is 41.3 Å². The third kappa shape index (κ3) is 5.59. The molecule has 2 aliphatic heterocycles. The number of ketones is 1. The fourth-order valence-electron chi connectivity index (χ4n) is 3.91. The van der Waals surface area contributed by atoms with Crippen molar-refractivity contribution in [3.63, 3.8) is 0 Å². The van der Waals surface area contributed by atoms with Crippen LogP contribution in [0.3, 0.4) is 0 Å². The second-order valence-corrected chi connectivity index (χ2v) is 8.69. The molecule has 0 bridgehead atoms. The van der Waals surface area contributed by atoms with Crippen molar-refractivity contribution in [3.8, 4) is 11.8 Å². The van der Waals surface area contributed by atoms with E-state index in [1.54, 1.807) is 19.0 Å². The molecule has 1 aromatic heterocycles. The molecule has 1 saturated carbocycles. The SMILES string of the molecule is CN(C)CC#Cc1cnc(C(F)(F)F)c(NC2=NC34N=CC=C(C(F)(F)F)C=C3CC(=O)CC4=CN2)c1. The Balaban J connectivity index is 1.75. The van der Waals surface area contributed by atoms with Crippen LogP contribution in [0.4, 0.5) is 32.0 Å². The molecule has 1 unspecified atom stereocenters. The van der Waals surface area contributed by atoms with Gasteiger partial charge in [-0.3, -0.25) is 14.7 Å². The lowest BCUT2D eigenvalue weighted by Gasteiger charge is -2.37. The van der Waals surface area contributed by atoms with Gasteiger partial charge in [-0.25, -0.2) is 9.98 Å². The van der Waals surface area contributed by atoms with E-state index in [9.17, 15) is 31.1 Å². The molecule has 0 aromatic carbocycles. The number of anilines is 1. The van der Waals surface area contributed by atoms with E-state index in [0.717, 1.165) is 30.6 Å². The van der Waals surface area contributed by atoms with Gasteiger partial charge in [0.25, 0.3) is 0 Å². The average molecular weight is 522 g/mol. The molecule has 3 heterocycles. The maximum Gasteiger partial charge on any atom is 0.435 e. The zero-order chi connectivity index (χ0) is 27.0. The fourth-order valence-corrected chi connectivity index (χ4v) is 3.91. The van der Waals surface area contributed by atoms with E-state index in [1.807, 2.05) is 0 Å². The summed E-state index contributed by atoms with van der Waals surface area (Å²) in [6.07, 6.45) is -5.17. The van der Waals surface area contributed by atoms with Crippen molar-refractivity contribution in [2.24, 2.45) is 9.98 Å². The number of hydrogen-bond acceptors (Lipinski definition) is 7. The van der Waals surface area contributed by atoms with Gasteiger partial charge in [0, 0.05) is 42.6 Å². The molecule has 1 atom stereocenters. The maximum atomic E-state index is 13.7. The van der Waals surface area contributed by atoms with Gasteiger partial charge in [-0.1, -0.05) is 11.8 Å². The van der Waals surface area contributed by atoms with Crippen molar-refractivity contribution >= 4 is 23.6 Å². The number of aliphatic imine (C=N–C) groups is 2. The van der Waals surface area contributed by atoms with Crippen LogP contribution in [0.2, 0.25) is 0 Å². The van der Waals surface area contributed by atoms with E-state index in [0.29, 0.717) is 6.54 Å². The number of carbonyl (C=O) groups excluding carboxylic acids is 1. The minimum absolute atomic E-state index is 0.0365. The minimum Gasteiger partial charge on any atom is -0.332 e. The summed E-state index contributed by atoms with van der Waals surface area (Å²) in [5.41, 5.74) is -3.99. The number of guanidine groups is 1. The Morgan fingerprint density at radius 3 is 2.54 bits per heavy atom. The van der Waals surface area contributed by atoms with Crippen LogP contribution in [0.15, 0.2) is 57.3 Å². The summed E-state index contributed by atoms with van der Waals surface area (Å²) < 4.78 is 81.3. The van der Waals surface area contributed by atoms with Gasteiger partial charge in [-0.2, -0.15) is 26.3 Å². The number of halogens is 6. The Morgan fingerprint density at radius 1 is 1.14 bits per heavy atom. The topological polar surface area (TPSA) is 82.0 Å². The molecule has 7 nitrogen and oxygen atoms in total. The molecule has 0 radical (unpaired) electrons. The van der Waals surface area contributed by atoms with Gasteiger partial charge in [-0.05, 0) is 37.9 Å². The highest BCUT2D eigenvalue weighted by Gasteiger charge is 2.47. The van der Waals surface area contributed by atoms with E-state index in [1.165, 1.54) is 6.20 Å². The highest BCUT2D eigenvalue weighted by molar-refractivity contribution is 5.98. The van der Waals surface area contributed by atoms with Gasteiger partial charge in [0.2, 0.25) is 5.96 Å². The predicted molar refractivity (Wildman–Crippen MR) is 125 cm³/mol. The van der Waals surface area contributed by atoms with Crippen LogP contribution < -0.4 is 10.6 Å². The molecule has 1 aromatic rings. The molecule has 1 fully saturated rings. The van der Waals surface area contributed by atoms with Gasteiger partial charge in [0.05, 0.1) is 17.8 Å².